The first kappa shape index (κ1) is 13.5. The Kier molecular flexibility index (Phi) is 3.24. The van der Waals surface area contributed by atoms with E-state index in [1.807, 2.05) is 17.0 Å². The Balaban J connectivity index is 1.61. The fraction of sp³-hybridized carbons (Fsp3) is 0.333. The third-order valence-corrected chi connectivity index (χ3v) is 4.45. The van der Waals surface area contributed by atoms with E-state index in [0.717, 1.165) is 36.1 Å². The van der Waals surface area contributed by atoms with E-state index in [2.05, 4.69) is 10.2 Å². The molecule has 112 valence electrons. The van der Waals surface area contributed by atoms with Crippen molar-refractivity contribution in [2.45, 2.75) is 25.5 Å². The van der Waals surface area contributed by atoms with Crippen LogP contribution in [0.15, 0.2) is 30.5 Å². The minimum absolute atomic E-state index is 0.0151. The van der Waals surface area contributed by atoms with E-state index in [9.17, 15) is 9.82 Å². The normalized spacial score (nSPS) is 20.5. The molecule has 2 aliphatic rings. The topological polar surface area (TPSA) is 78.5 Å². The van der Waals surface area contributed by atoms with Crippen molar-refractivity contribution in [3.63, 3.8) is 0 Å². The molecule has 1 unspecified atom stereocenters. The van der Waals surface area contributed by atoms with Crippen molar-refractivity contribution < 1.29 is 14.5 Å². The van der Waals surface area contributed by atoms with Crippen LogP contribution in [0.25, 0.3) is 0 Å². The zero-order chi connectivity index (χ0) is 15.1. The number of hydrogen-bond acceptors (Lipinski definition) is 4. The number of fused-ring (bicyclic) bond motifs is 1. The van der Waals surface area contributed by atoms with Crippen molar-refractivity contribution in [1.29, 1.82) is 0 Å². The maximum absolute atomic E-state index is 12.8. The number of carbonyl (C=O) groups is 1. The number of aromatic amines is 1. The highest BCUT2D eigenvalue weighted by Crippen LogP contribution is 2.32. The number of nitrogens with zero attached hydrogens (tertiary/aromatic N) is 2. The Bertz CT molecular complexity index is 704. The van der Waals surface area contributed by atoms with Gasteiger partial charge in [-0.15, -0.1) is 0 Å². The summed E-state index contributed by atoms with van der Waals surface area (Å²) in [5.74, 6) is 0.0151. The molecule has 0 bridgehead atoms. The van der Waals surface area contributed by atoms with Gasteiger partial charge in [0.15, 0.2) is 0 Å². The molecule has 0 aliphatic carbocycles. The summed E-state index contributed by atoms with van der Waals surface area (Å²) in [6.45, 7) is 1.10. The largest absolute Gasteiger partial charge is 0.491 e. The van der Waals surface area contributed by atoms with Gasteiger partial charge in [0.25, 0.3) is 5.91 Å². The van der Waals surface area contributed by atoms with Crippen LogP contribution >= 0.6 is 0 Å². The minimum atomic E-state index is -0.872. The fourth-order valence-corrected chi connectivity index (χ4v) is 3.31. The zero-order valence-electron chi connectivity index (χ0n) is 12.0. The molecule has 7 heteroatoms. The van der Waals surface area contributed by atoms with Crippen molar-refractivity contribution in [3.05, 3.63) is 47.3 Å². The molecule has 2 aromatic rings. The van der Waals surface area contributed by atoms with Crippen LogP contribution in [0.4, 0.5) is 0 Å². The Morgan fingerprint density at radius 2 is 2.36 bits per heavy atom. The molecule has 1 aromatic heterocycles. The summed E-state index contributed by atoms with van der Waals surface area (Å²) in [4.78, 5) is 14.7. The van der Waals surface area contributed by atoms with Crippen LogP contribution in [-0.2, 0) is 11.3 Å². The van der Waals surface area contributed by atoms with Crippen LogP contribution in [-0.4, -0.2) is 39.7 Å². The molecule has 3 heterocycles. The third-order valence-electron chi connectivity index (χ3n) is 4.45. The van der Waals surface area contributed by atoms with E-state index in [1.54, 1.807) is 18.3 Å². The van der Waals surface area contributed by atoms with Gasteiger partial charge in [-0.2, -0.15) is 5.10 Å². The molecule has 0 radical (unpaired) electrons. The summed E-state index contributed by atoms with van der Waals surface area (Å²) in [6.07, 6.45) is 3.65. The highest BCUT2D eigenvalue weighted by molar-refractivity contribution is 6.61. The van der Waals surface area contributed by atoms with E-state index < -0.39 is 7.12 Å². The molecule has 1 saturated heterocycles. The lowest BCUT2D eigenvalue weighted by Gasteiger charge is -2.24. The summed E-state index contributed by atoms with van der Waals surface area (Å²) < 4.78 is 5.18. The lowest BCUT2D eigenvalue weighted by molar-refractivity contribution is 0.0733. The van der Waals surface area contributed by atoms with Gasteiger partial charge in [0.1, 0.15) is 0 Å². The van der Waals surface area contributed by atoms with Gasteiger partial charge in [0.05, 0.1) is 18.3 Å². The van der Waals surface area contributed by atoms with E-state index in [4.69, 9.17) is 4.65 Å². The highest BCUT2D eigenvalue weighted by atomic mass is 16.5. The molecule has 0 spiro atoms. The molecule has 0 saturated carbocycles. The van der Waals surface area contributed by atoms with Gasteiger partial charge in [-0.1, -0.05) is 6.07 Å². The molecule has 22 heavy (non-hydrogen) atoms. The van der Waals surface area contributed by atoms with Gasteiger partial charge in [-0.3, -0.25) is 9.89 Å². The van der Waals surface area contributed by atoms with E-state index in [1.165, 1.54) is 0 Å². The molecule has 1 aromatic carbocycles. The van der Waals surface area contributed by atoms with Crippen molar-refractivity contribution in [2.75, 3.05) is 6.54 Å². The van der Waals surface area contributed by atoms with E-state index in [-0.39, 0.29) is 11.9 Å². The predicted octanol–water partition coefficient (Wildman–Crippen LogP) is 0.605. The number of hydrogen-bond donors (Lipinski definition) is 2. The summed E-state index contributed by atoms with van der Waals surface area (Å²) in [5, 5.41) is 16.6. The first-order chi connectivity index (χ1) is 10.7. The van der Waals surface area contributed by atoms with E-state index in [0.29, 0.717) is 12.2 Å². The summed E-state index contributed by atoms with van der Waals surface area (Å²) in [7, 11) is -0.872. The maximum atomic E-state index is 12.8. The smallest absolute Gasteiger partial charge is 0.423 e. The van der Waals surface area contributed by atoms with Crippen LogP contribution in [0.2, 0.25) is 0 Å². The quantitative estimate of drug-likeness (QED) is 0.796. The van der Waals surface area contributed by atoms with Crippen LogP contribution in [0.1, 0.15) is 40.5 Å². The van der Waals surface area contributed by atoms with Gasteiger partial charge in [0, 0.05) is 18.3 Å². The number of likely N-dealkylation sites (tertiary alicyclic amines) is 1. The number of rotatable bonds is 2. The zero-order valence-corrected chi connectivity index (χ0v) is 12.0. The minimum Gasteiger partial charge on any atom is -0.423 e. The Labute approximate surface area is 128 Å². The van der Waals surface area contributed by atoms with Crippen LogP contribution in [0.3, 0.4) is 0 Å². The average molecular weight is 297 g/mol. The van der Waals surface area contributed by atoms with Gasteiger partial charge < -0.3 is 14.6 Å². The summed E-state index contributed by atoms with van der Waals surface area (Å²) in [6, 6.07) is 7.35. The molecule has 2 N–H and O–H groups in total. The third kappa shape index (κ3) is 2.13. The molecular formula is C15H16BN3O3. The number of H-pyrrole nitrogens is 1. The van der Waals surface area contributed by atoms with Gasteiger partial charge in [-0.05, 0) is 42.1 Å². The highest BCUT2D eigenvalue weighted by Gasteiger charge is 2.33. The molecule has 2 aliphatic heterocycles. The molecular weight excluding hydrogens is 281 g/mol. The maximum Gasteiger partial charge on any atom is 0.491 e. The summed E-state index contributed by atoms with van der Waals surface area (Å²) in [5.41, 5.74) is 3.26. The van der Waals surface area contributed by atoms with E-state index >= 15 is 0 Å². The first-order valence-electron chi connectivity index (χ1n) is 7.47. The second-order valence-corrected chi connectivity index (χ2v) is 5.75. The number of benzene rings is 1. The number of amides is 1. The SMILES string of the molecule is O=C(c1ccc2c(c1)COB2O)N1CCCC1c1ccn[nH]1. The monoisotopic (exact) mass is 297 g/mol. The van der Waals surface area contributed by atoms with Gasteiger partial charge >= 0.3 is 7.12 Å². The second kappa shape index (κ2) is 5.26. The van der Waals surface area contributed by atoms with Crippen LogP contribution < -0.4 is 5.46 Å². The van der Waals surface area contributed by atoms with Crippen molar-refractivity contribution in [2.24, 2.45) is 0 Å². The van der Waals surface area contributed by atoms with Crippen LogP contribution in [0.5, 0.6) is 0 Å². The van der Waals surface area contributed by atoms with Crippen LogP contribution in [0, 0.1) is 0 Å². The standard InChI is InChI=1S/C15H16BN3O3/c20-15(10-3-4-12-11(8-10)9-22-16(12)21)19-7-1-2-14(19)13-5-6-17-18-13/h3-6,8,14,21H,1-2,7,9H2,(H,17,18). The number of aromatic nitrogens is 2. The molecule has 4 rings (SSSR count). The Morgan fingerprint density at radius 1 is 1.45 bits per heavy atom. The molecule has 6 nitrogen and oxygen atoms in total. The number of nitrogens with one attached hydrogen (secondary N) is 1. The average Bonchev–Trinajstić information content (AvgIpc) is 3.26. The lowest BCUT2D eigenvalue weighted by atomic mass is 9.79. The van der Waals surface area contributed by atoms with Crippen molar-refractivity contribution in [3.8, 4) is 0 Å². The van der Waals surface area contributed by atoms with Crippen molar-refractivity contribution >= 4 is 18.5 Å². The molecule has 1 atom stereocenters. The fourth-order valence-electron chi connectivity index (χ4n) is 3.31. The lowest BCUT2D eigenvalue weighted by Crippen LogP contribution is -2.32. The molecule has 1 amide bonds. The molecule has 1 fully saturated rings. The predicted molar refractivity (Wildman–Crippen MR) is 80.4 cm³/mol. The van der Waals surface area contributed by atoms with Crippen molar-refractivity contribution in [1.82, 2.24) is 15.1 Å². The summed E-state index contributed by atoms with van der Waals surface area (Å²) >= 11 is 0. The number of carbonyl (C=O) groups excluding carboxylic acids is 1. The van der Waals surface area contributed by atoms with Gasteiger partial charge in [-0.25, -0.2) is 0 Å². The Morgan fingerprint density at radius 3 is 3.18 bits per heavy atom. The first-order valence-corrected chi connectivity index (χ1v) is 7.47. The Hall–Kier alpha value is -2.12. The van der Waals surface area contributed by atoms with Gasteiger partial charge in [0.2, 0.25) is 0 Å². The second-order valence-electron chi connectivity index (χ2n) is 5.75.